The quantitative estimate of drug-likeness (QED) is 0.828. The molecule has 0 heterocycles. The van der Waals surface area contributed by atoms with Gasteiger partial charge in [-0.05, 0) is 44.0 Å². The molecule has 1 aliphatic rings. The maximum Gasteiger partial charge on any atom is 0.264 e. The molecule has 1 aromatic rings. The number of nitrogens with one attached hydrogen (secondary N) is 2. The Kier molecular flexibility index (Phi) is 6.23. The van der Waals surface area contributed by atoms with E-state index < -0.39 is 22.0 Å². The molecular formula is C16H21ClN2O4S. The lowest BCUT2D eigenvalue weighted by Crippen LogP contribution is -2.48. The van der Waals surface area contributed by atoms with Crippen LogP contribution in [0.4, 0.5) is 0 Å². The zero-order chi connectivity index (χ0) is 17.7. The highest BCUT2D eigenvalue weighted by atomic mass is 35.5. The van der Waals surface area contributed by atoms with E-state index in [0.717, 1.165) is 32.1 Å². The van der Waals surface area contributed by atoms with Crippen LogP contribution in [0.25, 0.3) is 0 Å². The average Bonchev–Trinajstić information content (AvgIpc) is 2.55. The SMILES string of the molecule is CC(NC(=O)C1CCCCC1)C(=O)NS(=O)(=O)c1ccc(Cl)cc1. The van der Waals surface area contributed by atoms with Crippen molar-refractivity contribution in [1.82, 2.24) is 10.0 Å². The molecule has 8 heteroatoms. The summed E-state index contributed by atoms with van der Waals surface area (Å²) < 4.78 is 26.3. The average molecular weight is 373 g/mol. The van der Waals surface area contributed by atoms with E-state index in [2.05, 4.69) is 5.32 Å². The Hall–Kier alpha value is -1.60. The first kappa shape index (κ1) is 18.7. The normalized spacial score (nSPS) is 17.1. The van der Waals surface area contributed by atoms with E-state index in [-0.39, 0.29) is 16.7 Å². The molecule has 132 valence electrons. The van der Waals surface area contributed by atoms with E-state index in [0.29, 0.717) is 5.02 Å². The zero-order valence-electron chi connectivity index (χ0n) is 13.4. The molecule has 2 N–H and O–H groups in total. The summed E-state index contributed by atoms with van der Waals surface area (Å²) in [4.78, 5) is 24.2. The van der Waals surface area contributed by atoms with Gasteiger partial charge in [0.15, 0.2) is 0 Å². The molecule has 1 aliphatic carbocycles. The van der Waals surface area contributed by atoms with Crippen molar-refractivity contribution in [3.63, 3.8) is 0 Å². The van der Waals surface area contributed by atoms with Crippen LogP contribution in [0.3, 0.4) is 0 Å². The van der Waals surface area contributed by atoms with Gasteiger partial charge >= 0.3 is 0 Å². The second-order valence-electron chi connectivity index (χ2n) is 5.99. The van der Waals surface area contributed by atoms with Gasteiger partial charge in [-0.1, -0.05) is 30.9 Å². The Morgan fingerprint density at radius 2 is 1.71 bits per heavy atom. The largest absolute Gasteiger partial charge is 0.344 e. The number of carbonyl (C=O) groups is 2. The number of hydrogen-bond acceptors (Lipinski definition) is 4. The molecule has 0 aliphatic heterocycles. The van der Waals surface area contributed by atoms with Crippen molar-refractivity contribution in [2.45, 2.75) is 50.0 Å². The van der Waals surface area contributed by atoms with E-state index in [1.54, 1.807) is 0 Å². The van der Waals surface area contributed by atoms with Crippen LogP contribution in [0.2, 0.25) is 5.02 Å². The predicted octanol–water partition coefficient (Wildman–Crippen LogP) is 2.23. The third-order valence-corrected chi connectivity index (χ3v) is 5.70. The van der Waals surface area contributed by atoms with Crippen molar-refractivity contribution >= 4 is 33.4 Å². The van der Waals surface area contributed by atoms with Gasteiger partial charge in [0.25, 0.3) is 15.9 Å². The number of hydrogen-bond donors (Lipinski definition) is 2. The van der Waals surface area contributed by atoms with E-state index in [1.165, 1.54) is 31.2 Å². The molecule has 0 aromatic heterocycles. The zero-order valence-corrected chi connectivity index (χ0v) is 15.0. The molecule has 0 bridgehead atoms. The highest BCUT2D eigenvalue weighted by Gasteiger charge is 2.26. The maximum absolute atomic E-state index is 12.2. The monoisotopic (exact) mass is 372 g/mol. The van der Waals surface area contributed by atoms with Gasteiger partial charge in [0.05, 0.1) is 4.90 Å². The molecule has 2 amide bonds. The van der Waals surface area contributed by atoms with Crippen LogP contribution in [0.5, 0.6) is 0 Å². The fourth-order valence-electron chi connectivity index (χ4n) is 2.66. The Labute approximate surface area is 147 Å². The smallest absolute Gasteiger partial charge is 0.264 e. The maximum atomic E-state index is 12.2. The molecule has 1 fully saturated rings. The van der Waals surface area contributed by atoms with Crippen molar-refractivity contribution in [2.75, 3.05) is 0 Å². The lowest BCUT2D eigenvalue weighted by atomic mass is 9.88. The molecular weight excluding hydrogens is 352 g/mol. The third kappa shape index (κ3) is 4.95. The summed E-state index contributed by atoms with van der Waals surface area (Å²) in [6.45, 7) is 1.47. The second kappa shape index (κ2) is 7.98. The summed E-state index contributed by atoms with van der Waals surface area (Å²) in [6.07, 6.45) is 4.75. The van der Waals surface area contributed by atoms with Crippen molar-refractivity contribution in [2.24, 2.45) is 5.92 Å². The lowest BCUT2D eigenvalue weighted by Gasteiger charge is -2.22. The van der Waals surface area contributed by atoms with E-state index in [4.69, 9.17) is 11.6 Å². The van der Waals surface area contributed by atoms with Gasteiger partial charge in [-0.2, -0.15) is 0 Å². The lowest BCUT2D eigenvalue weighted by molar-refractivity contribution is -0.130. The molecule has 1 saturated carbocycles. The molecule has 6 nitrogen and oxygen atoms in total. The highest BCUT2D eigenvalue weighted by Crippen LogP contribution is 2.23. The minimum atomic E-state index is -3.99. The third-order valence-electron chi connectivity index (χ3n) is 4.09. The van der Waals surface area contributed by atoms with E-state index in [9.17, 15) is 18.0 Å². The summed E-state index contributed by atoms with van der Waals surface area (Å²) in [5.41, 5.74) is 0. The number of sulfonamides is 1. The highest BCUT2D eigenvalue weighted by molar-refractivity contribution is 7.90. The number of benzene rings is 1. The first-order chi connectivity index (χ1) is 11.3. The van der Waals surface area contributed by atoms with Crippen LogP contribution in [-0.4, -0.2) is 26.3 Å². The fraction of sp³-hybridized carbons (Fsp3) is 0.500. The Bertz CT molecular complexity index is 697. The minimum Gasteiger partial charge on any atom is -0.344 e. The molecule has 1 aromatic carbocycles. The molecule has 24 heavy (non-hydrogen) atoms. The second-order valence-corrected chi connectivity index (χ2v) is 8.11. The molecule has 1 atom stereocenters. The predicted molar refractivity (Wildman–Crippen MR) is 91.0 cm³/mol. The van der Waals surface area contributed by atoms with E-state index >= 15 is 0 Å². The van der Waals surface area contributed by atoms with Gasteiger partial charge in [-0.15, -0.1) is 0 Å². The van der Waals surface area contributed by atoms with Gasteiger partial charge in [0, 0.05) is 10.9 Å². The first-order valence-corrected chi connectivity index (χ1v) is 9.78. The molecule has 2 rings (SSSR count). The summed E-state index contributed by atoms with van der Waals surface area (Å²) in [5.74, 6) is -1.06. The summed E-state index contributed by atoms with van der Waals surface area (Å²) >= 11 is 5.72. The van der Waals surface area contributed by atoms with Crippen LogP contribution in [0.15, 0.2) is 29.2 Å². The summed E-state index contributed by atoms with van der Waals surface area (Å²) in [5, 5.41) is 2.99. The van der Waals surface area contributed by atoms with E-state index in [1.807, 2.05) is 4.72 Å². The molecule has 0 saturated heterocycles. The summed E-state index contributed by atoms with van der Waals surface area (Å²) in [6, 6.07) is 4.54. The minimum absolute atomic E-state index is 0.0638. The Morgan fingerprint density at radius 3 is 2.29 bits per heavy atom. The van der Waals surface area contributed by atoms with Gasteiger partial charge in [0.1, 0.15) is 6.04 Å². The molecule has 0 spiro atoms. The summed E-state index contributed by atoms with van der Waals surface area (Å²) in [7, 11) is -3.99. The van der Waals surface area contributed by atoms with Crippen LogP contribution in [0.1, 0.15) is 39.0 Å². The van der Waals surface area contributed by atoms with Crippen molar-refractivity contribution < 1.29 is 18.0 Å². The van der Waals surface area contributed by atoms with Crippen LogP contribution >= 0.6 is 11.6 Å². The van der Waals surface area contributed by atoms with Crippen LogP contribution in [-0.2, 0) is 19.6 Å². The number of rotatable bonds is 5. The van der Waals surface area contributed by atoms with Crippen LogP contribution < -0.4 is 10.0 Å². The van der Waals surface area contributed by atoms with Gasteiger partial charge in [0.2, 0.25) is 5.91 Å². The topological polar surface area (TPSA) is 92.3 Å². The van der Waals surface area contributed by atoms with Gasteiger partial charge < -0.3 is 5.32 Å². The fourth-order valence-corrected chi connectivity index (χ4v) is 3.83. The standard InChI is InChI=1S/C16H21ClN2O4S/c1-11(18-16(21)12-5-3-2-4-6-12)15(20)19-24(22,23)14-9-7-13(17)8-10-14/h7-12H,2-6H2,1H3,(H,18,21)(H,19,20). The Morgan fingerprint density at radius 1 is 1.12 bits per heavy atom. The number of halogens is 1. The van der Waals surface area contributed by atoms with Crippen molar-refractivity contribution in [1.29, 1.82) is 0 Å². The molecule has 1 unspecified atom stereocenters. The number of carbonyl (C=O) groups excluding carboxylic acids is 2. The van der Waals surface area contributed by atoms with Crippen molar-refractivity contribution in [3.05, 3.63) is 29.3 Å². The first-order valence-electron chi connectivity index (χ1n) is 7.92. The Balaban J connectivity index is 1.95. The van der Waals surface area contributed by atoms with Crippen molar-refractivity contribution in [3.8, 4) is 0 Å². The molecule has 0 radical (unpaired) electrons. The number of amides is 2. The van der Waals surface area contributed by atoms with Crippen LogP contribution in [0, 0.1) is 5.92 Å². The van der Waals surface area contributed by atoms with Gasteiger partial charge in [-0.25, -0.2) is 13.1 Å². The van der Waals surface area contributed by atoms with Gasteiger partial charge in [-0.3, -0.25) is 9.59 Å².